The van der Waals surface area contributed by atoms with Gasteiger partial charge in [0.2, 0.25) is 0 Å². The number of amides is 1. The van der Waals surface area contributed by atoms with Crippen molar-refractivity contribution in [2.24, 2.45) is 27.4 Å². The van der Waals surface area contributed by atoms with Crippen LogP contribution in [0.25, 0.3) is 45.6 Å². The van der Waals surface area contributed by atoms with Crippen molar-refractivity contribution >= 4 is 133 Å². The summed E-state index contributed by atoms with van der Waals surface area (Å²) in [6, 6.07) is 23.7. The maximum atomic E-state index is 14.5. The number of carbonyl (C=O) groups excluding carboxylic acids is 3. The lowest BCUT2D eigenvalue weighted by atomic mass is 9.90. The summed E-state index contributed by atoms with van der Waals surface area (Å²) in [6.07, 6.45) is 17.9. The van der Waals surface area contributed by atoms with E-state index in [-0.39, 0.29) is 78.3 Å². The highest BCUT2D eigenvalue weighted by molar-refractivity contribution is 14.1. The third kappa shape index (κ3) is 20.8. The third-order valence-electron chi connectivity index (χ3n) is 19.6. The normalized spacial score (nSPS) is 14.2. The number of anilines is 7. The van der Waals surface area contributed by atoms with Crippen LogP contribution in [0.4, 0.5) is 57.8 Å². The Morgan fingerprint density at radius 3 is 1.03 bits per heavy atom. The van der Waals surface area contributed by atoms with Crippen LogP contribution in [-0.4, -0.2) is 103 Å². The molecular formula is C86H78Cl4F4IN17O7. The molecule has 12 aromatic rings. The van der Waals surface area contributed by atoms with E-state index in [0.29, 0.717) is 83.7 Å². The van der Waals surface area contributed by atoms with Gasteiger partial charge in [0.1, 0.15) is 61.1 Å². The van der Waals surface area contributed by atoms with Crippen molar-refractivity contribution in [1.82, 2.24) is 59.8 Å². The fourth-order valence-electron chi connectivity index (χ4n) is 14.1. The first kappa shape index (κ1) is 86.8. The number of ether oxygens (including phenoxy) is 2. The number of fused-ring (bicyclic) bond motifs is 4. The van der Waals surface area contributed by atoms with E-state index >= 15 is 0 Å². The number of nitrogen functional groups attached to an aromatic ring is 1. The Bertz CT molecular complexity index is 5810. The van der Waals surface area contributed by atoms with E-state index in [1.165, 1.54) is 124 Å². The quantitative estimate of drug-likeness (QED) is 0.0255. The number of benzene rings is 4. The summed E-state index contributed by atoms with van der Waals surface area (Å²) < 4.78 is 67.6. The van der Waals surface area contributed by atoms with Crippen LogP contribution in [0.15, 0.2) is 147 Å². The molecule has 0 saturated heterocycles. The molecule has 0 unspecified atom stereocenters. The molecule has 4 aliphatic carbocycles. The molecule has 8 N–H and O–H groups in total. The number of carboxylic acid groups (broad SMARTS) is 1. The summed E-state index contributed by atoms with van der Waals surface area (Å²) in [5.41, 5.74) is 22.1. The number of aromatic carboxylic acids is 1. The van der Waals surface area contributed by atoms with Crippen LogP contribution < -0.4 is 27.4 Å². The van der Waals surface area contributed by atoms with E-state index in [1.54, 1.807) is 42.7 Å². The molecule has 16 rings (SSSR count). The number of rotatable bonds is 14. The van der Waals surface area contributed by atoms with Gasteiger partial charge in [-0.15, -0.1) is 0 Å². The minimum atomic E-state index is -1.10. The fraction of sp³-hybridized carbons (Fsp3) is 0.256. The lowest BCUT2D eigenvalue weighted by Gasteiger charge is -2.16. The van der Waals surface area contributed by atoms with Crippen LogP contribution in [0.1, 0.15) is 142 Å². The van der Waals surface area contributed by atoms with Crippen molar-refractivity contribution in [2.75, 3.05) is 35.9 Å². The van der Waals surface area contributed by atoms with Crippen molar-refractivity contribution < 1.29 is 51.3 Å². The lowest BCUT2D eigenvalue weighted by molar-refractivity contribution is 0.0592. The van der Waals surface area contributed by atoms with Crippen molar-refractivity contribution in [3.63, 3.8) is 0 Å². The molecule has 0 bridgehead atoms. The molecule has 0 atom stereocenters. The second-order valence-electron chi connectivity index (χ2n) is 31.5. The Kier molecular flexibility index (Phi) is 26.2. The maximum Gasteiger partial charge on any atom is 0.341 e. The number of carbonyl (C=O) groups is 4. The van der Waals surface area contributed by atoms with Crippen molar-refractivity contribution in [3.05, 3.63) is 261 Å². The van der Waals surface area contributed by atoms with Gasteiger partial charge in [0.15, 0.2) is 23.3 Å². The summed E-state index contributed by atoms with van der Waals surface area (Å²) >= 11 is 26.3. The minimum absolute atomic E-state index is 0.0102. The number of nitrogens with one attached hydrogen (secondary N) is 3. The summed E-state index contributed by atoms with van der Waals surface area (Å²) in [5.74, 6) is -1.82. The molecule has 0 saturated carbocycles. The van der Waals surface area contributed by atoms with Gasteiger partial charge in [0, 0.05) is 103 Å². The number of nitrogens with zero attached hydrogens (tertiary/aromatic N) is 12. The number of methoxy groups -OCH3 is 2. The molecule has 8 heterocycles. The fourth-order valence-corrected chi connectivity index (χ4v) is 15.5. The average molecular weight is 1810 g/mol. The zero-order valence-electron chi connectivity index (χ0n) is 65.8. The molecule has 33 heteroatoms. The third-order valence-corrected chi connectivity index (χ3v) is 21.4. The zero-order valence-corrected chi connectivity index (χ0v) is 71.0. The van der Waals surface area contributed by atoms with Gasteiger partial charge in [-0.05, 0) is 193 Å². The summed E-state index contributed by atoms with van der Waals surface area (Å²) in [6.45, 7) is 17.2. The second kappa shape index (κ2) is 36.0. The zero-order chi connectivity index (χ0) is 85.7. The Morgan fingerprint density at radius 1 is 0.403 bits per heavy atom. The molecule has 0 radical (unpaired) electrons. The molecule has 119 heavy (non-hydrogen) atoms. The number of primary amides is 1. The lowest BCUT2D eigenvalue weighted by Crippen LogP contribution is -2.14. The first-order chi connectivity index (χ1) is 56.3. The first-order valence-electron chi connectivity index (χ1n) is 36.9. The molecule has 4 aliphatic rings. The van der Waals surface area contributed by atoms with Crippen LogP contribution in [0.2, 0.25) is 20.1 Å². The Balaban J connectivity index is 0.000000141. The van der Waals surface area contributed by atoms with Crippen LogP contribution in [0.3, 0.4) is 0 Å². The SMILES string of the molecule is CC1(C)Cc2nc(-c3cc(Cl)ccc3F)nc(I)c2C1.CC1(C)Cc2nc(-c3cc(Cl)ccc3F)nc(Nc3ccncc3C(=O)O)c2C1.CC1(C)Cc2nc(-c3cc(Cl)ccc3F)nc(Nc3ccncc3C(N)=O)c2C1.COC(=O)c1cnccc1N.COC(=O)c1cnccc1Nc1nc(-c2cc(Cl)ccc2F)nc2c1CC(C)(C)C2. The molecule has 1 amide bonds. The minimum Gasteiger partial charge on any atom is -0.478 e. The summed E-state index contributed by atoms with van der Waals surface area (Å²) in [5, 5.41) is 20.6. The van der Waals surface area contributed by atoms with E-state index in [1.807, 2.05) is 0 Å². The van der Waals surface area contributed by atoms with E-state index in [0.717, 1.165) is 88.1 Å². The standard InChI is InChI=1S/C22H20ClFN4O2.C21H19ClFN5O.C21H18ClFN4O2.C15H13ClFIN2.C7H8N2O2/c1-22(2)9-14-18(10-22)27-19(13-8-12(23)4-5-16(13)24)28-20(14)26-17-6-7-25-11-15(17)21(29)30-3;1-21(2)8-13-17(9-21)27-19(12-7-11(22)3-4-15(12)23)28-20(13)26-16-5-6-25-10-14(16)18(24)29;1-21(2)8-13-17(9-21)26-18(12-7-11(22)3-4-15(12)23)27-19(13)25-16-5-6-24-10-14(16)20(28)29;1-15(2)6-10-12(7-15)19-14(20-13(10)18)9-5-8(16)3-4-11(9)17;1-11-7(10)5-4-9-3-2-6(5)8/h4-8,11H,9-10H2,1-3H3,(H,25,26,27,28);3-7,10H,8-9H2,1-2H3,(H2,24,29)(H,25,26,27,28);3-7,10H,8-9H2,1-2H3,(H,28,29)(H,24,25,26,27);3-5H,6-7H2,1-2H3;2-4H,1H3,(H2,8,9). The predicted molar refractivity (Wildman–Crippen MR) is 457 cm³/mol. The highest BCUT2D eigenvalue weighted by Gasteiger charge is 2.38. The Labute approximate surface area is 715 Å². The van der Waals surface area contributed by atoms with Crippen LogP contribution in [0.5, 0.6) is 0 Å². The van der Waals surface area contributed by atoms with Gasteiger partial charge in [-0.3, -0.25) is 24.7 Å². The summed E-state index contributed by atoms with van der Waals surface area (Å²) in [4.78, 5) is 98.5. The number of hydrogen-bond acceptors (Lipinski definition) is 22. The Morgan fingerprint density at radius 2 is 0.689 bits per heavy atom. The molecule has 0 fully saturated rings. The number of carboxylic acids is 1. The Hall–Kier alpha value is -11.5. The highest BCUT2D eigenvalue weighted by Crippen LogP contribution is 2.45. The predicted octanol–water partition coefficient (Wildman–Crippen LogP) is 19.3. The molecule has 8 aromatic heterocycles. The van der Waals surface area contributed by atoms with Crippen LogP contribution in [-0.2, 0) is 60.8 Å². The number of nitrogens with two attached hydrogens (primary N) is 2. The van der Waals surface area contributed by atoms with Crippen molar-refractivity contribution in [3.8, 4) is 45.6 Å². The number of esters is 2. The molecule has 0 aliphatic heterocycles. The van der Waals surface area contributed by atoms with Gasteiger partial charge in [0.25, 0.3) is 5.91 Å². The number of hydrogen-bond donors (Lipinski definition) is 6. The number of halogens is 9. The molecule has 4 aromatic carbocycles. The monoisotopic (exact) mass is 1800 g/mol. The second-order valence-corrected chi connectivity index (χ2v) is 34.3. The van der Waals surface area contributed by atoms with Gasteiger partial charge in [-0.1, -0.05) is 102 Å². The highest BCUT2D eigenvalue weighted by atomic mass is 127. The first-order valence-corrected chi connectivity index (χ1v) is 39.5. The van der Waals surface area contributed by atoms with Gasteiger partial charge >= 0.3 is 17.9 Å². The number of pyridine rings is 4. The van der Waals surface area contributed by atoms with Gasteiger partial charge in [-0.2, -0.15) is 0 Å². The van der Waals surface area contributed by atoms with E-state index in [2.05, 4.69) is 158 Å². The smallest absolute Gasteiger partial charge is 0.341 e. The number of aromatic nitrogens is 12. The van der Waals surface area contributed by atoms with Gasteiger partial charge in [-0.25, -0.2) is 71.8 Å². The van der Waals surface area contributed by atoms with Crippen LogP contribution in [0, 0.1) is 48.6 Å². The average Bonchev–Trinajstić information content (AvgIpc) is 1.65. The largest absolute Gasteiger partial charge is 0.478 e. The van der Waals surface area contributed by atoms with Crippen molar-refractivity contribution in [2.45, 2.75) is 107 Å². The molecule has 0 spiro atoms. The summed E-state index contributed by atoms with van der Waals surface area (Å²) in [7, 11) is 2.61. The molecular weight excluding hydrogens is 1730 g/mol. The van der Waals surface area contributed by atoms with Gasteiger partial charge < -0.3 is 42.0 Å². The molecule has 24 nitrogen and oxygen atoms in total. The van der Waals surface area contributed by atoms with E-state index < -0.39 is 41.3 Å². The van der Waals surface area contributed by atoms with Crippen LogP contribution >= 0.6 is 69.0 Å². The van der Waals surface area contributed by atoms with E-state index in [4.69, 9.17) is 62.6 Å². The van der Waals surface area contributed by atoms with Crippen molar-refractivity contribution in [1.29, 1.82) is 0 Å². The maximum absolute atomic E-state index is 14.5. The van der Waals surface area contributed by atoms with Gasteiger partial charge in [0.05, 0.1) is 76.2 Å². The topological polar surface area (TPSA) is 350 Å². The molecule has 612 valence electrons. The van der Waals surface area contributed by atoms with E-state index in [9.17, 15) is 41.8 Å².